The maximum Gasteiger partial charge on any atom is 0.252 e. The zero-order valence-corrected chi connectivity index (χ0v) is 19.3. The van der Waals surface area contributed by atoms with E-state index in [2.05, 4.69) is 20.5 Å². The third-order valence-corrected chi connectivity index (χ3v) is 5.48. The van der Waals surface area contributed by atoms with Crippen molar-refractivity contribution >= 4 is 10.9 Å². The monoisotopic (exact) mass is 464 g/mol. The normalized spacial score (nSPS) is 11.3. The number of tetrazole rings is 1. The zero-order chi connectivity index (χ0) is 23.9. The van der Waals surface area contributed by atoms with Gasteiger partial charge in [-0.2, -0.15) is 0 Å². The zero-order valence-electron chi connectivity index (χ0n) is 19.3. The number of fused-ring (bicyclic) bond motifs is 1. The van der Waals surface area contributed by atoms with Crippen molar-refractivity contribution in [3.8, 4) is 11.5 Å². The number of pyridine rings is 1. The van der Waals surface area contributed by atoms with Gasteiger partial charge in [0.2, 0.25) is 0 Å². The smallest absolute Gasteiger partial charge is 0.252 e. The average Bonchev–Trinajstić information content (AvgIpc) is 3.27. The van der Waals surface area contributed by atoms with Crippen molar-refractivity contribution in [2.75, 3.05) is 26.9 Å². The van der Waals surface area contributed by atoms with Crippen LogP contribution in [0.15, 0.2) is 53.3 Å². The molecule has 178 valence electrons. The molecule has 0 radical (unpaired) electrons. The highest BCUT2D eigenvalue weighted by molar-refractivity contribution is 5.80. The van der Waals surface area contributed by atoms with Gasteiger partial charge < -0.3 is 19.6 Å². The Balaban J connectivity index is 1.53. The Labute approximate surface area is 196 Å². The second-order valence-electron chi connectivity index (χ2n) is 7.84. The molecular weight excluding hydrogens is 436 g/mol. The molecule has 0 saturated carbocycles. The molecule has 0 amide bonds. The molecule has 0 spiro atoms. The van der Waals surface area contributed by atoms with E-state index >= 15 is 0 Å². The van der Waals surface area contributed by atoms with Gasteiger partial charge in [-0.3, -0.25) is 9.69 Å². The summed E-state index contributed by atoms with van der Waals surface area (Å²) in [4.78, 5) is 17.6. The van der Waals surface area contributed by atoms with Crippen LogP contribution in [0, 0.1) is 0 Å². The van der Waals surface area contributed by atoms with E-state index in [1.165, 1.54) is 0 Å². The SMILES string of the molecule is CCOc1ccc2[nH]c(=O)c(CN(CCO)Cc3nnnn3Cc3ccc(OC)cc3)cc2c1. The van der Waals surface area contributed by atoms with Gasteiger partial charge >= 0.3 is 0 Å². The first kappa shape index (κ1) is 23.4. The van der Waals surface area contributed by atoms with Gasteiger partial charge in [0, 0.05) is 29.6 Å². The highest BCUT2D eigenvalue weighted by Gasteiger charge is 2.15. The van der Waals surface area contributed by atoms with E-state index in [4.69, 9.17) is 9.47 Å². The van der Waals surface area contributed by atoms with Crippen molar-refractivity contribution in [1.29, 1.82) is 0 Å². The Morgan fingerprint density at radius 1 is 1.09 bits per heavy atom. The fourth-order valence-corrected chi connectivity index (χ4v) is 3.76. The molecule has 2 aromatic heterocycles. The summed E-state index contributed by atoms with van der Waals surface area (Å²) < 4.78 is 12.5. The molecule has 2 N–H and O–H groups in total. The summed E-state index contributed by atoms with van der Waals surface area (Å²) in [6.45, 7) is 4.01. The first-order valence-corrected chi connectivity index (χ1v) is 11.1. The number of aromatic nitrogens is 5. The number of ether oxygens (including phenoxy) is 2. The van der Waals surface area contributed by atoms with E-state index in [0.717, 1.165) is 28.0 Å². The van der Waals surface area contributed by atoms with E-state index in [0.29, 0.717) is 44.2 Å². The van der Waals surface area contributed by atoms with Crippen LogP contribution in [0.2, 0.25) is 0 Å². The molecule has 2 heterocycles. The van der Waals surface area contributed by atoms with E-state index in [-0.39, 0.29) is 12.2 Å². The third-order valence-electron chi connectivity index (χ3n) is 5.48. The Morgan fingerprint density at radius 2 is 1.88 bits per heavy atom. The number of hydrogen-bond donors (Lipinski definition) is 2. The molecule has 0 aliphatic rings. The number of aliphatic hydroxyl groups excluding tert-OH is 1. The lowest BCUT2D eigenvalue weighted by Crippen LogP contribution is -2.30. The Hall–Kier alpha value is -3.76. The van der Waals surface area contributed by atoms with Crippen molar-refractivity contribution in [1.82, 2.24) is 30.1 Å². The molecule has 0 aliphatic carbocycles. The number of benzene rings is 2. The molecule has 0 atom stereocenters. The minimum absolute atomic E-state index is 0.0555. The van der Waals surface area contributed by atoms with Crippen molar-refractivity contribution in [3.05, 3.63) is 75.8 Å². The largest absolute Gasteiger partial charge is 0.497 e. The Bertz CT molecular complexity index is 1280. The van der Waals surface area contributed by atoms with E-state index in [1.54, 1.807) is 11.8 Å². The minimum Gasteiger partial charge on any atom is -0.497 e. The second kappa shape index (κ2) is 10.9. The number of aliphatic hydroxyl groups is 1. The lowest BCUT2D eigenvalue weighted by molar-refractivity contribution is 0.179. The van der Waals surface area contributed by atoms with Crippen LogP contribution >= 0.6 is 0 Å². The van der Waals surface area contributed by atoms with Gasteiger partial charge in [-0.1, -0.05) is 12.1 Å². The van der Waals surface area contributed by atoms with Crippen LogP contribution in [-0.4, -0.2) is 62.1 Å². The Kier molecular flexibility index (Phi) is 7.51. The van der Waals surface area contributed by atoms with Gasteiger partial charge in [0.05, 0.1) is 33.4 Å². The van der Waals surface area contributed by atoms with Crippen LogP contribution < -0.4 is 15.0 Å². The van der Waals surface area contributed by atoms with Crippen LogP contribution in [0.3, 0.4) is 0 Å². The Morgan fingerprint density at radius 3 is 2.62 bits per heavy atom. The molecule has 0 aliphatic heterocycles. The fraction of sp³-hybridized carbons (Fsp3) is 0.333. The second-order valence-corrected chi connectivity index (χ2v) is 7.84. The maximum atomic E-state index is 12.7. The summed E-state index contributed by atoms with van der Waals surface area (Å²) in [5.74, 6) is 2.17. The standard InChI is InChI=1S/C24H28N6O4/c1-3-34-21-8-9-22-18(13-21)12-19(24(32)25-22)15-29(10-11-31)16-23-26-27-28-30(23)14-17-4-6-20(33-2)7-5-17/h4-9,12-13,31H,3,10-11,14-16H2,1-2H3,(H,25,32). The van der Waals surface area contributed by atoms with Gasteiger partial charge in [-0.25, -0.2) is 4.68 Å². The molecule has 0 unspecified atom stereocenters. The van der Waals surface area contributed by atoms with E-state index < -0.39 is 0 Å². The number of H-pyrrole nitrogens is 1. The van der Waals surface area contributed by atoms with Gasteiger partial charge in [-0.05, 0) is 59.3 Å². The number of rotatable bonds is 11. The lowest BCUT2D eigenvalue weighted by atomic mass is 10.1. The predicted molar refractivity (Wildman–Crippen MR) is 127 cm³/mol. The molecular formula is C24H28N6O4. The first-order chi connectivity index (χ1) is 16.6. The molecule has 0 saturated heterocycles. The van der Waals surface area contributed by atoms with Crippen molar-refractivity contribution < 1.29 is 14.6 Å². The number of hydrogen-bond acceptors (Lipinski definition) is 8. The molecule has 34 heavy (non-hydrogen) atoms. The van der Waals surface area contributed by atoms with Gasteiger partial charge in [0.25, 0.3) is 5.56 Å². The van der Waals surface area contributed by atoms with Crippen LogP contribution in [0.25, 0.3) is 10.9 Å². The van der Waals surface area contributed by atoms with Gasteiger partial charge in [-0.15, -0.1) is 5.10 Å². The van der Waals surface area contributed by atoms with E-state index in [9.17, 15) is 9.90 Å². The van der Waals surface area contributed by atoms with Crippen LogP contribution in [0.1, 0.15) is 23.9 Å². The molecule has 10 nitrogen and oxygen atoms in total. The number of nitrogens with one attached hydrogen (secondary N) is 1. The molecule has 2 aromatic carbocycles. The number of nitrogens with zero attached hydrogens (tertiary/aromatic N) is 5. The van der Waals surface area contributed by atoms with Crippen LogP contribution in [0.5, 0.6) is 11.5 Å². The van der Waals surface area contributed by atoms with Crippen molar-refractivity contribution in [2.45, 2.75) is 26.6 Å². The average molecular weight is 465 g/mol. The summed E-state index contributed by atoms with van der Waals surface area (Å²) in [7, 11) is 1.63. The molecule has 4 aromatic rings. The topological polar surface area (TPSA) is 118 Å². The summed E-state index contributed by atoms with van der Waals surface area (Å²) in [6.07, 6.45) is 0. The summed E-state index contributed by atoms with van der Waals surface area (Å²) in [6, 6.07) is 15.1. The van der Waals surface area contributed by atoms with Gasteiger partial charge in [0.15, 0.2) is 5.82 Å². The van der Waals surface area contributed by atoms with Crippen LogP contribution in [0.4, 0.5) is 0 Å². The maximum absolute atomic E-state index is 12.7. The quantitative estimate of drug-likeness (QED) is 0.346. The summed E-state index contributed by atoms with van der Waals surface area (Å²) in [5.41, 5.74) is 2.19. The van der Waals surface area contributed by atoms with Crippen molar-refractivity contribution in [3.63, 3.8) is 0 Å². The highest BCUT2D eigenvalue weighted by atomic mass is 16.5. The lowest BCUT2D eigenvalue weighted by Gasteiger charge is -2.20. The predicted octanol–water partition coefficient (Wildman–Crippen LogP) is 1.96. The van der Waals surface area contributed by atoms with Crippen molar-refractivity contribution in [2.24, 2.45) is 0 Å². The summed E-state index contributed by atoms with van der Waals surface area (Å²) >= 11 is 0. The molecule has 0 fully saturated rings. The minimum atomic E-state index is -0.169. The number of aromatic amines is 1. The molecule has 0 bridgehead atoms. The molecule has 10 heteroatoms. The first-order valence-electron chi connectivity index (χ1n) is 11.1. The van der Waals surface area contributed by atoms with Gasteiger partial charge in [0.1, 0.15) is 11.5 Å². The molecule has 4 rings (SSSR count). The number of methoxy groups -OCH3 is 1. The van der Waals surface area contributed by atoms with Crippen LogP contribution in [-0.2, 0) is 19.6 Å². The van der Waals surface area contributed by atoms with E-state index in [1.807, 2.05) is 60.4 Å². The third kappa shape index (κ3) is 5.59. The summed E-state index contributed by atoms with van der Waals surface area (Å²) in [5, 5.41) is 22.6. The fourth-order valence-electron chi connectivity index (χ4n) is 3.76. The highest BCUT2D eigenvalue weighted by Crippen LogP contribution is 2.20.